The number of rotatable bonds is 4. The molecule has 0 aliphatic rings. The third-order valence-corrected chi connectivity index (χ3v) is 3.28. The molecule has 0 saturated carbocycles. The number of halogens is 1. The van der Waals surface area contributed by atoms with Gasteiger partial charge in [0.1, 0.15) is 0 Å². The quantitative estimate of drug-likeness (QED) is 0.896. The zero-order valence-corrected chi connectivity index (χ0v) is 11.2. The molecule has 17 heavy (non-hydrogen) atoms. The van der Waals surface area contributed by atoms with Gasteiger partial charge in [-0.1, -0.05) is 0 Å². The van der Waals surface area contributed by atoms with E-state index in [1.54, 1.807) is 25.1 Å². The van der Waals surface area contributed by atoms with E-state index in [9.17, 15) is 4.79 Å². The summed E-state index contributed by atoms with van der Waals surface area (Å²) >= 11 is 3.34. The lowest BCUT2D eigenvalue weighted by Gasteiger charge is -2.19. The number of hydrogen-bond acceptors (Lipinski definition) is 3. The molecule has 2 unspecified atom stereocenters. The zero-order chi connectivity index (χ0) is 13.0. The Morgan fingerprint density at radius 3 is 2.65 bits per heavy atom. The van der Waals surface area contributed by atoms with Crippen LogP contribution in [-0.4, -0.2) is 17.1 Å². The molecule has 0 aromatic heterocycles. The summed E-state index contributed by atoms with van der Waals surface area (Å²) in [4.78, 5) is 10.8. The molecule has 0 amide bonds. The monoisotopic (exact) mass is 296 g/mol. The first kappa shape index (κ1) is 13.5. The van der Waals surface area contributed by atoms with Crippen LogP contribution in [0.2, 0.25) is 0 Å². The molecule has 0 heterocycles. The number of benzene rings is 1. The van der Waals surface area contributed by atoms with Gasteiger partial charge in [-0.3, -0.25) is 4.79 Å². The predicted molar refractivity (Wildman–Crippen MR) is 68.7 cm³/mol. The lowest BCUT2D eigenvalue weighted by molar-refractivity contribution is -0.141. The lowest BCUT2D eigenvalue weighted by atomic mass is 10.0. The normalized spacial score (nSPS) is 13.5. The number of carboxylic acids is 1. The smallest absolute Gasteiger partial charge is 0.308 e. The highest BCUT2D eigenvalue weighted by molar-refractivity contribution is 9.10. The molecule has 4 nitrogen and oxygen atoms in total. The second-order valence-corrected chi connectivity index (χ2v) is 4.72. The maximum Gasteiger partial charge on any atom is 0.308 e. The average molecular weight is 297 g/mol. The van der Waals surface area contributed by atoms with Crippen LogP contribution in [0, 0.1) is 17.2 Å². The number of nitrogens with one attached hydrogen (secondary N) is 1. The van der Waals surface area contributed by atoms with Gasteiger partial charge in [0, 0.05) is 16.2 Å². The fourth-order valence-corrected chi connectivity index (χ4v) is 1.78. The Morgan fingerprint density at radius 1 is 1.53 bits per heavy atom. The summed E-state index contributed by atoms with van der Waals surface area (Å²) in [5.74, 6) is -1.33. The van der Waals surface area contributed by atoms with Crippen molar-refractivity contribution in [3.63, 3.8) is 0 Å². The number of carbonyl (C=O) groups is 1. The minimum atomic E-state index is -0.838. The van der Waals surface area contributed by atoms with Crippen molar-refractivity contribution in [3.8, 4) is 6.07 Å². The first-order chi connectivity index (χ1) is 7.95. The van der Waals surface area contributed by atoms with E-state index in [1.165, 1.54) is 0 Å². The number of aliphatic carboxylic acids is 1. The van der Waals surface area contributed by atoms with Crippen molar-refractivity contribution in [1.29, 1.82) is 5.26 Å². The maximum absolute atomic E-state index is 10.8. The number of anilines is 1. The number of nitriles is 1. The molecule has 5 heteroatoms. The minimum absolute atomic E-state index is 0.197. The standard InChI is InChI=1S/C12H13BrN2O2/c1-7(12(16)17)8(2)15-11-4-3-9(6-14)5-10(11)13/h3-5,7-8,15H,1-2H3,(H,16,17). The Labute approximate surface area is 108 Å². The van der Waals surface area contributed by atoms with Gasteiger partial charge in [-0.05, 0) is 48.0 Å². The molecule has 0 radical (unpaired) electrons. The Hall–Kier alpha value is -1.54. The van der Waals surface area contributed by atoms with E-state index < -0.39 is 11.9 Å². The molecular formula is C12H13BrN2O2. The first-order valence-corrected chi connectivity index (χ1v) is 5.94. The van der Waals surface area contributed by atoms with Crippen LogP contribution >= 0.6 is 15.9 Å². The van der Waals surface area contributed by atoms with Crippen LogP contribution < -0.4 is 5.32 Å². The minimum Gasteiger partial charge on any atom is -0.481 e. The molecule has 0 spiro atoms. The molecule has 0 fully saturated rings. The molecule has 2 N–H and O–H groups in total. The molecule has 1 aromatic rings. The second-order valence-electron chi connectivity index (χ2n) is 3.87. The van der Waals surface area contributed by atoms with Crippen molar-refractivity contribution in [1.82, 2.24) is 0 Å². The summed E-state index contributed by atoms with van der Waals surface area (Å²) in [6, 6.07) is 6.98. The van der Waals surface area contributed by atoms with Gasteiger partial charge in [-0.25, -0.2) is 0 Å². The number of nitrogens with zero attached hydrogens (tertiary/aromatic N) is 1. The average Bonchev–Trinajstić information content (AvgIpc) is 2.30. The van der Waals surface area contributed by atoms with Gasteiger partial charge in [-0.15, -0.1) is 0 Å². The Balaban J connectivity index is 2.82. The van der Waals surface area contributed by atoms with Crippen LogP contribution in [0.3, 0.4) is 0 Å². The Morgan fingerprint density at radius 2 is 2.18 bits per heavy atom. The van der Waals surface area contributed by atoms with Gasteiger partial charge in [0.05, 0.1) is 17.6 Å². The summed E-state index contributed by atoms with van der Waals surface area (Å²) in [5.41, 5.74) is 1.34. The van der Waals surface area contributed by atoms with E-state index in [4.69, 9.17) is 10.4 Å². The van der Waals surface area contributed by atoms with Crippen LogP contribution in [0.4, 0.5) is 5.69 Å². The molecule has 90 valence electrons. The van der Waals surface area contributed by atoms with Gasteiger partial charge in [0.15, 0.2) is 0 Å². The van der Waals surface area contributed by atoms with Crippen LogP contribution in [-0.2, 0) is 4.79 Å². The Kier molecular flexibility index (Phi) is 4.53. The van der Waals surface area contributed by atoms with Crippen molar-refractivity contribution < 1.29 is 9.90 Å². The van der Waals surface area contributed by atoms with Crippen LogP contribution in [0.5, 0.6) is 0 Å². The van der Waals surface area contributed by atoms with E-state index in [-0.39, 0.29) is 6.04 Å². The third-order valence-electron chi connectivity index (χ3n) is 2.62. The molecule has 0 saturated heterocycles. The Bertz CT molecular complexity index is 468. The highest BCUT2D eigenvalue weighted by atomic mass is 79.9. The highest BCUT2D eigenvalue weighted by Crippen LogP contribution is 2.25. The molecule has 0 bridgehead atoms. The summed E-state index contributed by atoms with van der Waals surface area (Å²) in [6.07, 6.45) is 0. The molecular weight excluding hydrogens is 284 g/mol. The van der Waals surface area contributed by atoms with E-state index in [2.05, 4.69) is 21.2 Å². The first-order valence-electron chi connectivity index (χ1n) is 5.14. The van der Waals surface area contributed by atoms with E-state index in [0.29, 0.717) is 5.56 Å². The lowest BCUT2D eigenvalue weighted by Crippen LogP contribution is -2.29. The predicted octanol–water partition coefficient (Wildman–Crippen LogP) is 2.84. The molecule has 0 aliphatic heterocycles. The summed E-state index contributed by atoms with van der Waals surface area (Å²) in [5, 5.41) is 20.7. The van der Waals surface area contributed by atoms with Crippen molar-refractivity contribution in [3.05, 3.63) is 28.2 Å². The van der Waals surface area contributed by atoms with Gasteiger partial charge >= 0.3 is 5.97 Å². The molecule has 1 rings (SSSR count). The highest BCUT2D eigenvalue weighted by Gasteiger charge is 2.19. The van der Waals surface area contributed by atoms with Gasteiger partial charge in [0.2, 0.25) is 0 Å². The fourth-order valence-electron chi connectivity index (χ4n) is 1.29. The van der Waals surface area contributed by atoms with Gasteiger partial charge in [0.25, 0.3) is 0 Å². The van der Waals surface area contributed by atoms with E-state index in [0.717, 1.165) is 10.2 Å². The largest absolute Gasteiger partial charge is 0.481 e. The van der Waals surface area contributed by atoms with Crippen molar-refractivity contribution >= 4 is 27.6 Å². The van der Waals surface area contributed by atoms with Crippen molar-refractivity contribution in [2.24, 2.45) is 5.92 Å². The van der Waals surface area contributed by atoms with Crippen LogP contribution in [0.15, 0.2) is 22.7 Å². The molecule has 2 atom stereocenters. The van der Waals surface area contributed by atoms with E-state index in [1.807, 2.05) is 13.0 Å². The topological polar surface area (TPSA) is 73.1 Å². The second kappa shape index (κ2) is 5.69. The van der Waals surface area contributed by atoms with Gasteiger partial charge < -0.3 is 10.4 Å². The number of carboxylic acid groups (broad SMARTS) is 1. The number of hydrogen-bond donors (Lipinski definition) is 2. The summed E-state index contributed by atoms with van der Waals surface area (Å²) in [7, 11) is 0. The van der Waals surface area contributed by atoms with Crippen LogP contribution in [0.25, 0.3) is 0 Å². The molecule has 1 aromatic carbocycles. The van der Waals surface area contributed by atoms with E-state index >= 15 is 0 Å². The van der Waals surface area contributed by atoms with Gasteiger partial charge in [-0.2, -0.15) is 5.26 Å². The zero-order valence-electron chi connectivity index (χ0n) is 9.57. The summed E-state index contributed by atoms with van der Waals surface area (Å²) < 4.78 is 0.751. The summed E-state index contributed by atoms with van der Waals surface area (Å²) in [6.45, 7) is 3.46. The van der Waals surface area contributed by atoms with Crippen molar-refractivity contribution in [2.45, 2.75) is 19.9 Å². The fraction of sp³-hybridized carbons (Fsp3) is 0.333. The SMILES string of the molecule is CC(Nc1ccc(C#N)cc1Br)C(C)C(=O)O. The maximum atomic E-state index is 10.8. The third kappa shape index (κ3) is 3.46. The van der Waals surface area contributed by atoms with Crippen LogP contribution in [0.1, 0.15) is 19.4 Å². The molecule has 0 aliphatic carbocycles. The van der Waals surface area contributed by atoms with Crippen molar-refractivity contribution in [2.75, 3.05) is 5.32 Å².